The van der Waals surface area contributed by atoms with E-state index in [4.69, 9.17) is 29.6 Å². The number of tetrazole rings is 1. The van der Waals surface area contributed by atoms with Crippen molar-refractivity contribution in [3.63, 3.8) is 0 Å². The predicted molar refractivity (Wildman–Crippen MR) is 105 cm³/mol. The number of nitriles is 1. The molecule has 0 saturated heterocycles. The van der Waals surface area contributed by atoms with E-state index in [-0.39, 0.29) is 5.56 Å². The van der Waals surface area contributed by atoms with Crippen LogP contribution in [0.3, 0.4) is 0 Å². The van der Waals surface area contributed by atoms with Crippen LogP contribution in [0.15, 0.2) is 33.5 Å². The van der Waals surface area contributed by atoms with Crippen LogP contribution in [0, 0.1) is 23.7 Å². The maximum absolute atomic E-state index is 9.75. The summed E-state index contributed by atoms with van der Waals surface area (Å²) in [7, 11) is 1.70. The van der Waals surface area contributed by atoms with Crippen LogP contribution in [-0.2, 0) is 7.05 Å². The van der Waals surface area contributed by atoms with Gasteiger partial charge < -0.3 is 0 Å². The van der Waals surface area contributed by atoms with Crippen LogP contribution in [0.2, 0.25) is 10.0 Å². The Morgan fingerprint density at radius 1 is 1.26 bits per heavy atom. The van der Waals surface area contributed by atoms with Crippen molar-refractivity contribution in [1.29, 1.82) is 5.26 Å². The fraction of sp³-hybridized carbons (Fsp3) is 0.125. The third kappa shape index (κ3) is 4.34. The Kier molecular flexibility index (Phi) is 6.19. The molecule has 134 valence electrons. The standard InChI is InChI=1S/C16H9Cl2N7S2/c1-3-6-26-15-20-13(9-4-5-11(17)12(18)7-9)10(8-19)14(21-15)27-16-22-23-24-25(16)2/h1,4-5,7H,6H2,2H3. The van der Waals surface area contributed by atoms with Crippen molar-refractivity contribution in [2.24, 2.45) is 7.05 Å². The molecule has 11 heteroatoms. The van der Waals surface area contributed by atoms with Gasteiger partial charge >= 0.3 is 0 Å². The SMILES string of the molecule is C#CCSc1nc(Sc2nnnn2C)c(C#N)c(-c2ccc(Cl)c(Cl)c2)n1. The molecule has 0 amide bonds. The maximum atomic E-state index is 9.75. The molecule has 3 aromatic rings. The van der Waals surface area contributed by atoms with Gasteiger partial charge in [-0.25, -0.2) is 14.6 Å². The quantitative estimate of drug-likeness (QED) is 0.260. The molecule has 0 saturated carbocycles. The van der Waals surface area contributed by atoms with Crippen molar-refractivity contribution in [2.75, 3.05) is 5.75 Å². The third-order valence-electron chi connectivity index (χ3n) is 3.21. The molecule has 27 heavy (non-hydrogen) atoms. The number of aryl methyl sites for hydroxylation is 1. The zero-order valence-corrected chi connectivity index (χ0v) is 16.9. The second-order valence-corrected chi connectivity index (χ2v) is 7.67. The van der Waals surface area contributed by atoms with E-state index in [0.29, 0.717) is 42.4 Å². The lowest BCUT2D eigenvalue weighted by atomic mass is 10.1. The van der Waals surface area contributed by atoms with Crippen LogP contribution in [0.4, 0.5) is 0 Å². The number of halogens is 2. The average Bonchev–Trinajstić information content (AvgIpc) is 3.06. The number of benzene rings is 1. The molecule has 0 aliphatic rings. The van der Waals surface area contributed by atoms with Crippen molar-refractivity contribution in [1.82, 2.24) is 30.2 Å². The van der Waals surface area contributed by atoms with Crippen LogP contribution in [0.5, 0.6) is 0 Å². The van der Waals surface area contributed by atoms with Gasteiger partial charge in [-0.2, -0.15) is 5.26 Å². The predicted octanol–water partition coefficient (Wildman–Crippen LogP) is 3.72. The highest BCUT2D eigenvalue weighted by Crippen LogP contribution is 2.35. The molecule has 0 atom stereocenters. The summed E-state index contributed by atoms with van der Waals surface area (Å²) < 4.78 is 1.49. The summed E-state index contributed by atoms with van der Waals surface area (Å²) in [5.41, 5.74) is 1.36. The van der Waals surface area contributed by atoms with E-state index in [2.05, 4.69) is 37.5 Å². The molecule has 3 rings (SSSR count). The molecule has 0 fully saturated rings. The third-order valence-corrected chi connectivity index (χ3v) is 5.72. The summed E-state index contributed by atoms with van der Waals surface area (Å²) in [6.45, 7) is 0. The molecule has 0 bridgehead atoms. The van der Waals surface area contributed by atoms with Gasteiger partial charge in [0.25, 0.3) is 0 Å². The summed E-state index contributed by atoms with van der Waals surface area (Å²) in [6.07, 6.45) is 5.34. The van der Waals surface area contributed by atoms with Crippen LogP contribution in [0.25, 0.3) is 11.3 Å². The van der Waals surface area contributed by atoms with E-state index in [0.717, 1.165) is 0 Å². The van der Waals surface area contributed by atoms with Gasteiger partial charge in [0.15, 0.2) is 5.16 Å². The number of thioether (sulfide) groups is 1. The number of hydrogen-bond donors (Lipinski definition) is 0. The van der Waals surface area contributed by atoms with Gasteiger partial charge in [0.1, 0.15) is 16.7 Å². The van der Waals surface area contributed by atoms with Gasteiger partial charge in [0.05, 0.1) is 21.5 Å². The van der Waals surface area contributed by atoms with E-state index < -0.39 is 0 Å². The van der Waals surface area contributed by atoms with Gasteiger partial charge in [-0.3, -0.25) is 0 Å². The van der Waals surface area contributed by atoms with Crippen molar-refractivity contribution < 1.29 is 0 Å². The first-order valence-electron chi connectivity index (χ1n) is 7.27. The van der Waals surface area contributed by atoms with E-state index >= 15 is 0 Å². The molecule has 0 unspecified atom stereocenters. The highest BCUT2D eigenvalue weighted by molar-refractivity contribution is 7.99. The summed E-state index contributed by atoms with van der Waals surface area (Å²) >= 11 is 14.6. The molecule has 0 aliphatic carbocycles. The minimum absolute atomic E-state index is 0.284. The van der Waals surface area contributed by atoms with E-state index in [1.165, 1.54) is 28.2 Å². The largest absolute Gasteiger partial charge is 0.223 e. The molecule has 0 spiro atoms. The molecule has 1 aromatic carbocycles. The fourth-order valence-corrected chi connectivity index (χ4v) is 3.69. The lowest BCUT2D eigenvalue weighted by Gasteiger charge is -2.10. The number of terminal acetylenes is 1. The van der Waals surface area contributed by atoms with Crippen LogP contribution in [-0.4, -0.2) is 35.9 Å². The van der Waals surface area contributed by atoms with Crippen LogP contribution >= 0.6 is 46.7 Å². The number of aromatic nitrogens is 6. The first kappa shape index (κ1) is 19.5. The highest BCUT2D eigenvalue weighted by atomic mass is 35.5. The molecule has 0 radical (unpaired) electrons. The summed E-state index contributed by atoms with van der Waals surface area (Å²) in [5.74, 6) is 2.92. The Morgan fingerprint density at radius 2 is 2.07 bits per heavy atom. The van der Waals surface area contributed by atoms with Gasteiger partial charge in [-0.1, -0.05) is 47.0 Å². The average molecular weight is 434 g/mol. The first-order valence-corrected chi connectivity index (χ1v) is 9.83. The van der Waals surface area contributed by atoms with Gasteiger partial charge in [-0.05, 0) is 34.3 Å². The van der Waals surface area contributed by atoms with Crippen molar-refractivity contribution in [3.8, 4) is 29.7 Å². The molecular weight excluding hydrogens is 425 g/mol. The van der Waals surface area contributed by atoms with Crippen molar-refractivity contribution >= 4 is 46.7 Å². The zero-order valence-electron chi connectivity index (χ0n) is 13.7. The summed E-state index contributed by atoms with van der Waals surface area (Å²) in [5, 5.41) is 23.2. The minimum atomic E-state index is 0.284. The molecular formula is C16H9Cl2N7S2. The van der Waals surface area contributed by atoms with E-state index in [1.54, 1.807) is 25.2 Å². The van der Waals surface area contributed by atoms with E-state index in [9.17, 15) is 5.26 Å². The van der Waals surface area contributed by atoms with Crippen LogP contribution in [0.1, 0.15) is 5.56 Å². The topological polar surface area (TPSA) is 93.2 Å². The second kappa shape index (κ2) is 8.59. The Morgan fingerprint density at radius 3 is 2.70 bits per heavy atom. The molecule has 7 nitrogen and oxygen atoms in total. The van der Waals surface area contributed by atoms with E-state index in [1.807, 2.05) is 0 Å². The van der Waals surface area contributed by atoms with Crippen molar-refractivity contribution in [3.05, 3.63) is 33.8 Å². The second-order valence-electron chi connectivity index (χ2n) is 4.96. The normalized spacial score (nSPS) is 10.4. The smallest absolute Gasteiger partial charge is 0.215 e. The highest BCUT2D eigenvalue weighted by Gasteiger charge is 2.20. The number of nitrogens with zero attached hydrogens (tertiary/aromatic N) is 7. The lowest BCUT2D eigenvalue weighted by molar-refractivity contribution is 0.664. The number of rotatable bonds is 5. The van der Waals surface area contributed by atoms with Gasteiger partial charge in [0, 0.05) is 12.6 Å². The summed E-state index contributed by atoms with van der Waals surface area (Å²) in [4.78, 5) is 8.95. The molecule has 2 heterocycles. The first-order chi connectivity index (χ1) is 13.0. The molecule has 0 aliphatic heterocycles. The van der Waals surface area contributed by atoms with Gasteiger partial charge in [0.2, 0.25) is 5.16 Å². The Hall–Kier alpha value is -2.30. The Labute approximate surface area is 173 Å². The Balaban J connectivity index is 2.17. The number of hydrogen-bond acceptors (Lipinski definition) is 8. The molecule has 2 aromatic heterocycles. The fourth-order valence-electron chi connectivity index (χ4n) is 2.01. The zero-order chi connectivity index (χ0) is 19.4. The maximum Gasteiger partial charge on any atom is 0.215 e. The van der Waals surface area contributed by atoms with Crippen LogP contribution < -0.4 is 0 Å². The van der Waals surface area contributed by atoms with Gasteiger partial charge in [-0.15, -0.1) is 11.5 Å². The lowest BCUT2D eigenvalue weighted by Crippen LogP contribution is -2.01. The molecule has 0 N–H and O–H groups in total. The summed E-state index contributed by atoms with van der Waals surface area (Å²) in [6, 6.07) is 7.21. The monoisotopic (exact) mass is 433 g/mol. The van der Waals surface area contributed by atoms with Crippen molar-refractivity contribution in [2.45, 2.75) is 15.3 Å². The Bertz CT molecular complexity index is 1090. The minimum Gasteiger partial charge on any atom is -0.223 e.